The molecule has 0 spiro atoms. The summed E-state index contributed by atoms with van der Waals surface area (Å²) in [6.45, 7) is 1.07. The second-order valence-electron chi connectivity index (χ2n) is 4.41. The van der Waals surface area contributed by atoms with E-state index in [1.165, 1.54) is 10.7 Å². The fraction of sp³-hybridized carbons (Fsp3) is 0.333. The molecule has 0 bridgehead atoms. The van der Waals surface area contributed by atoms with E-state index in [0.717, 1.165) is 5.69 Å². The van der Waals surface area contributed by atoms with Gasteiger partial charge in [0.25, 0.3) is 0 Å². The Morgan fingerprint density at radius 1 is 1.50 bits per heavy atom. The van der Waals surface area contributed by atoms with E-state index >= 15 is 0 Å². The van der Waals surface area contributed by atoms with E-state index in [1.807, 2.05) is 11.0 Å². The Morgan fingerprint density at radius 3 is 3.00 bits per heavy atom. The van der Waals surface area contributed by atoms with Crippen LogP contribution in [0.3, 0.4) is 0 Å². The smallest absolute Gasteiger partial charge is 0.339 e. The van der Waals surface area contributed by atoms with Crippen LogP contribution in [0.4, 0.5) is 10.1 Å². The van der Waals surface area contributed by atoms with Gasteiger partial charge in [-0.2, -0.15) is 5.10 Å². The molecule has 1 aliphatic rings. The normalized spacial score (nSPS) is 19.6. The molecule has 94 valence electrons. The molecule has 0 aliphatic carbocycles. The lowest BCUT2D eigenvalue weighted by Gasteiger charge is -2.17. The molecule has 1 aliphatic heterocycles. The van der Waals surface area contributed by atoms with Gasteiger partial charge in [-0.05, 0) is 18.6 Å². The quantitative estimate of drug-likeness (QED) is 0.878. The number of hydrogen-bond donors (Lipinski definition) is 1. The van der Waals surface area contributed by atoms with Crippen LogP contribution in [-0.2, 0) is 0 Å². The Kier molecular flexibility index (Phi) is 2.43. The monoisotopic (exact) mass is 249 g/mol. The lowest BCUT2D eigenvalue weighted by Crippen LogP contribution is -2.20. The Morgan fingerprint density at radius 2 is 2.33 bits per heavy atom. The topological polar surface area (TPSA) is 57.8 Å². The third kappa shape index (κ3) is 1.70. The van der Waals surface area contributed by atoms with Gasteiger partial charge in [-0.3, -0.25) is 0 Å². The molecule has 0 aromatic carbocycles. The number of anilines is 1. The average Bonchev–Trinajstić information content (AvgIpc) is 2.93. The van der Waals surface area contributed by atoms with Crippen LogP contribution in [0.25, 0.3) is 5.52 Å². The van der Waals surface area contributed by atoms with Gasteiger partial charge in [0.15, 0.2) is 0 Å². The van der Waals surface area contributed by atoms with E-state index in [2.05, 4.69) is 5.10 Å². The third-order valence-electron chi connectivity index (χ3n) is 3.23. The van der Waals surface area contributed by atoms with Crippen molar-refractivity contribution in [1.82, 2.24) is 9.61 Å². The van der Waals surface area contributed by atoms with Crippen molar-refractivity contribution in [2.75, 3.05) is 18.0 Å². The number of fused-ring (bicyclic) bond motifs is 1. The summed E-state index contributed by atoms with van der Waals surface area (Å²) in [7, 11) is 0. The van der Waals surface area contributed by atoms with E-state index in [1.54, 1.807) is 12.3 Å². The zero-order valence-electron chi connectivity index (χ0n) is 9.58. The van der Waals surface area contributed by atoms with Crippen LogP contribution in [0.2, 0.25) is 0 Å². The summed E-state index contributed by atoms with van der Waals surface area (Å²) in [6.07, 6.45) is 2.81. The van der Waals surface area contributed by atoms with Crippen molar-refractivity contribution < 1.29 is 14.3 Å². The molecule has 18 heavy (non-hydrogen) atoms. The van der Waals surface area contributed by atoms with Crippen LogP contribution in [0.5, 0.6) is 0 Å². The number of carboxylic acids is 1. The van der Waals surface area contributed by atoms with Crippen molar-refractivity contribution in [3.8, 4) is 0 Å². The fourth-order valence-corrected chi connectivity index (χ4v) is 2.28. The summed E-state index contributed by atoms with van der Waals surface area (Å²) in [5, 5.41) is 13.0. The summed E-state index contributed by atoms with van der Waals surface area (Å²) in [6, 6.07) is 3.51. The van der Waals surface area contributed by atoms with Gasteiger partial charge in [-0.25, -0.2) is 13.7 Å². The molecule has 3 rings (SSSR count). The molecule has 0 saturated carbocycles. The Balaban J connectivity index is 1.99. The van der Waals surface area contributed by atoms with Crippen LogP contribution >= 0.6 is 0 Å². The molecule has 0 radical (unpaired) electrons. The van der Waals surface area contributed by atoms with Crippen LogP contribution in [0, 0.1) is 0 Å². The van der Waals surface area contributed by atoms with Gasteiger partial charge in [0.1, 0.15) is 11.7 Å². The number of rotatable bonds is 2. The highest BCUT2D eigenvalue weighted by Gasteiger charge is 2.22. The predicted molar refractivity (Wildman–Crippen MR) is 63.9 cm³/mol. The lowest BCUT2D eigenvalue weighted by molar-refractivity contribution is 0.0699. The largest absolute Gasteiger partial charge is 0.478 e. The maximum absolute atomic E-state index is 13.1. The molecule has 1 unspecified atom stereocenters. The van der Waals surface area contributed by atoms with Crippen molar-refractivity contribution in [1.29, 1.82) is 0 Å². The second-order valence-corrected chi connectivity index (χ2v) is 4.41. The molecule has 5 nitrogen and oxygen atoms in total. The molecular formula is C12H12FN3O2. The summed E-state index contributed by atoms with van der Waals surface area (Å²) >= 11 is 0. The number of halogens is 1. The highest BCUT2D eigenvalue weighted by molar-refractivity contribution is 5.95. The number of alkyl halides is 1. The van der Waals surface area contributed by atoms with Crippen molar-refractivity contribution in [3.05, 3.63) is 30.1 Å². The number of nitrogens with zero attached hydrogens (tertiary/aromatic N) is 3. The van der Waals surface area contributed by atoms with Gasteiger partial charge in [-0.15, -0.1) is 0 Å². The molecule has 3 heterocycles. The molecule has 1 saturated heterocycles. The van der Waals surface area contributed by atoms with Gasteiger partial charge in [-0.1, -0.05) is 0 Å². The van der Waals surface area contributed by atoms with Gasteiger partial charge < -0.3 is 10.0 Å². The Labute approximate surface area is 102 Å². The summed E-state index contributed by atoms with van der Waals surface area (Å²) < 4.78 is 14.7. The van der Waals surface area contributed by atoms with E-state index in [9.17, 15) is 9.18 Å². The minimum Gasteiger partial charge on any atom is -0.478 e. The number of carboxylic acid groups (broad SMARTS) is 1. The molecule has 1 N–H and O–H groups in total. The van der Waals surface area contributed by atoms with Crippen molar-refractivity contribution in [2.24, 2.45) is 0 Å². The van der Waals surface area contributed by atoms with Gasteiger partial charge in [0.2, 0.25) is 0 Å². The minimum absolute atomic E-state index is 0.173. The van der Waals surface area contributed by atoms with Crippen LogP contribution in [-0.4, -0.2) is 40.0 Å². The number of carbonyl (C=O) groups is 1. The first-order chi connectivity index (χ1) is 8.65. The summed E-state index contributed by atoms with van der Waals surface area (Å²) in [5.74, 6) is -0.997. The molecule has 0 amide bonds. The first kappa shape index (κ1) is 11.0. The lowest BCUT2D eigenvalue weighted by atomic mass is 10.2. The third-order valence-corrected chi connectivity index (χ3v) is 3.23. The number of pyridine rings is 1. The summed E-state index contributed by atoms with van der Waals surface area (Å²) in [4.78, 5) is 12.9. The van der Waals surface area contributed by atoms with Gasteiger partial charge in [0, 0.05) is 13.1 Å². The minimum atomic E-state index is -0.997. The Hall–Kier alpha value is -2.11. The number of aromatic nitrogens is 2. The molecule has 6 heteroatoms. The first-order valence-electron chi connectivity index (χ1n) is 5.75. The Bertz CT molecular complexity index is 610. The van der Waals surface area contributed by atoms with Crippen molar-refractivity contribution in [2.45, 2.75) is 12.6 Å². The van der Waals surface area contributed by atoms with E-state index in [0.29, 0.717) is 25.0 Å². The van der Waals surface area contributed by atoms with Crippen molar-refractivity contribution >= 4 is 17.2 Å². The van der Waals surface area contributed by atoms with Crippen LogP contribution < -0.4 is 4.90 Å². The molecular weight excluding hydrogens is 237 g/mol. The fourth-order valence-electron chi connectivity index (χ4n) is 2.28. The van der Waals surface area contributed by atoms with Crippen LogP contribution in [0.1, 0.15) is 16.8 Å². The van der Waals surface area contributed by atoms with E-state index < -0.39 is 12.1 Å². The SMILES string of the molecule is O=C(O)c1cnn2cc(N3CCC(F)C3)ccc12. The zero-order valence-corrected chi connectivity index (χ0v) is 9.58. The van der Waals surface area contributed by atoms with Crippen LogP contribution in [0.15, 0.2) is 24.5 Å². The predicted octanol–water partition coefficient (Wildman–Crippen LogP) is 1.58. The number of aromatic carboxylic acids is 1. The van der Waals surface area contributed by atoms with E-state index in [4.69, 9.17) is 5.11 Å². The second kappa shape index (κ2) is 3.97. The van der Waals surface area contributed by atoms with E-state index in [-0.39, 0.29) is 5.56 Å². The standard InChI is InChI=1S/C12H12FN3O2/c13-8-3-4-15(6-8)9-1-2-11-10(12(17)18)5-14-16(11)7-9/h1-2,5,7-8H,3-4,6H2,(H,17,18). The molecule has 1 atom stereocenters. The van der Waals surface area contributed by atoms with Crippen molar-refractivity contribution in [3.63, 3.8) is 0 Å². The molecule has 1 fully saturated rings. The highest BCUT2D eigenvalue weighted by Crippen LogP contribution is 2.23. The highest BCUT2D eigenvalue weighted by atomic mass is 19.1. The first-order valence-corrected chi connectivity index (χ1v) is 5.75. The number of hydrogen-bond acceptors (Lipinski definition) is 3. The van der Waals surface area contributed by atoms with Gasteiger partial charge in [0.05, 0.1) is 23.6 Å². The zero-order chi connectivity index (χ0) is 12.7. The molecule has 2 aromatic heterocycles. The maximum Gasteiger partial charge on any atom is 0.339 e. The average molecular weight is 249 g/mol. The summed E-state index contributed by atoms with van der Waals surface area (Å²) in [5.41, 5.74) is 1.58. The van der Waals surface area contributed by atoms with Gasteiger partial charge >= 0.3 is 5.97 Å². The molecule has 2 aromatic rings. The maximum atomic E-state index is 13.1.